The number of benzene rings is 1. The summed E-state index contributed by atoms with van der Waals surface area (Å²) in [4.78, 5) is 1.28. The van der Waals surface area contributed by atoms with E-state index in [4.69, 9.17) is 0 Å². The van der Waals surface area contributed by atoms with Crippen LogP contribution in [-0.4, -0.2) is 8.42 Å². The largest absolute Gasteiger partial charge is 0.250 e. The van der Waals surface area contributed by atoms with Gasteiger partial charge in [0.15, 0.2) is 0 Å². The third-order valence-corrected chi connectivity index (χ3v) is 3.94. The predicted molar refractivity (Wildman–Crippen MR) is 64.3 cm³/mol. The zero-order valence-corrected chi connectivity index (χ0v) is 10.0. The van der Waals surface area contributed by atoms with E-state index in [2.05, 4.69) is 6.58 Å². The van der Waals surface area contributed by atoms with Gasteiger partial charge in [-0.15, -0.1) is 0 Å². The summed E-state index contributed by atoms with van der Waals surface area (Å²) in [6.07, 6.45) is 1.73. The first-order valence-corrected chi connectivity index (χ1v) is 6.78. The van der Waals surface area contributed by atoms with Gasteiger partial charge in [-0.3, -0.25) is 0 Å². The van der Waals surface area contributed by atoms with E-state index in [1.807, 2.05) is 6.92 Å². The Bertz CT molecular complexity index is 436. The highest BCUT2D eigenvalue weighted by atomic mass is 32.2. The van der Waals surface area contributed by atoms with Crippen molar-refractivity contribution in [2.45, 2.75) is 16.7 Å². The van der Waals surface area contributed by atoms with Crippen molar-refractivity contribution in [2.24, 2.45) is 0 Å². The fraction of sp³-hybridized carbons (Fsp3) is 0.0909. The highest BCUT2D eigenvalue weighted by molar-refractivity contribution is 7.88. The van der Waals surface area contributed by atoms with Crippen LogP contribution in [0.5, 0.6) is 0 Å². The zero-order valence-electron chi connectivity index (χ0n) is 8.38. The maximum absolute atomic E-state index is 11.6. The fourth-order valence-corrected chi connectivity index (χ4v) is 2.61. The molecule has 4 heteroatoms. The van der Waals surface area contributed by atoms with Gasteiger partial charge in [-0.2, -0.15) is 0 Å². The van der Waals surface area contributed by atoms with Gasteiger partial charge < -0.3 is 0 Å². The Labute approximate surface area is 94.6 Å². The van der Waals surface area contributed by atoms with Gasteiger partial charge in [-0.25, -0.2) is 8.42 Å². The van der Waals surface area contributed by atoms with Crippen LogP contribution < -0.4 is 0 Å². The molecule has 0 N–H and O–H groups in total. The minimum atomic E-state index is -1.22. The van der Waals surface area contributed by atoms with E-state index in [1.165, 1.54) is 5.41 Å². The lowest BCUT2D eigenvalue weighted by molar-refractivity contribution is 0.687. The molecular formula is C11H12O2S2. The van der Waals surface area contributed by atoms with Crippen molar-refractivity contribution < 1.29 is 8.42 Å². The van der Waals surface area contributed by atoms with E-state index in [-0.39, 0.29) is 0 Å². The van der Waals surface area contributed by atoms with Gasteiger partial charge in [0, 0.05) is 20.6 Å². The highest BCUT2D eigenvalue weighted by Crippen LogP contribution is 2.14. The summed E-state index contributed by atoms with van der Waals surface area (Å²) >= 11 is 0. The third kappa shape index (κ3) is 3.25. The first-order chi connectivity index (χ1) is 7.19. The Morgan fingerprint density at radius 3 is 2.33 bits per heavy atom. The molecule has 0 amide bonds. The SMILES string of the molecule is C=CS(=O)c1cccc(S(=O)C=CC)c1. The highest BCUT2D eigenvalue weighted by Gasteiger charge is 2.03. The van der Waals surface area contributed by atoms with Crippen LogP contribution in [0.3, 0.4) is 0 Å². The molecule has 0 bridgehead atoms. The monoisotopic (exact) mass is 240 g/mol. The van der Waals surface area contributed by atoms with Crippen LogP contribution in [0.2, 0.25) is 0 Å². The minimum absolute atomic E-state index is 0.625. The van der Waals surface area contributed by atoms with Crippen LogP contribution in [0.25, 0.3) is 0 Å². The Kier molecular flexibility index (Phi) is 4.65. The summed E-state index contributed by atoms with van der Waals surface area (Å²) in [7, 11) is -2.38. The lowest BCUT2D eigenvalue weighted by atomic mass is 10.4. The maximum atomic E-state index is 11.6. The van der Waals surface area contributed by atoms with Crippen molar-refractivity contribution in [3.8, 4) is 0 Å². The lowest BCUT2D eigenvalue weighted by Gasteiger charge is -2.00. The van der Waals surface area contributed by atoms with E-state index in [9.17, 15) is 8.42 Å². The van der Waals surface area contributed by atoms with Gasteiger partial charge in [-0.05, 0) is 25.1 Å². The molecule has 0 saturated carbocycles. The normalized spacial score (nSPS) is 15.0. The quantitative estimate of drug-likeness (QED) is 0.810. The minimum Gasteiger partial charge on any atom is -0.250 e. The van der Waals surface area contributed by atoms with E-state index in [0.717, 1.165) is 0 Å². The number of hydrogen-bond donors (Lipinski definition) is 0. The molecule has 2 nitrogen and oxygen atoms in total. The standard InChI is InChI=1S/C11H12O2S2/c1-3-8-15(13)11-7-5-6-10(9-11)14(12)4-2/h3-9H,2H2,1H3. The number of hydrogen-bond acceptors (Lipinski definition) is 2. The number of rotatable bonds is 4. The molecule has 0 spiro atoms. The fourth-order valence-electron chi connectivity index (χ4n) is 1.02. The van der Waals surface area contributed by atoms with Gasteiger partial charge in [0.1, 0.15) is 0 Å². The maximum Gasteiger partial charge on any atom is 0.0773 e. The Hall–Kier alpha value is -1.00. The van der Waals surface area contributed by atoms with Crippen molar-refractivity contribution in [1.82, 2.24) is 0 Å². The summed E-state index contributed by atoms with van der Waals surface area (Å²) in [6.45, 7) is 5.27. The molecule has 0 aliphatic rings. The first kappa shape index (κ1) is 12.1. The van der Waals surface area contributed by atoms with Crippen LogP contribution in [0, 0.1) is 0 Å². The molecule has 0 fully saturated rings. The van der Waals surface area contributed by atoms with E-state index >= 15 is 0 Å². The smallest absolute Gasteiger partial charge is 0.0773 e. The van der Waals surface area contributed by atoms with Crippen molar-refractivity contribution in [3.63, 3.8) is 0 Å². The van der Waals surface area contributed by atoms with Gasteiger partial charge in [0.05, 0.1) is 21.6 Å². The Balaban J connectivity index is 3.07. The average Bonchev–Trinajstić information content (AvgIpc) is 2.28. The lowest BCUT2D eigenvalue weighted by Crippen LogP contribution is -1.90. The van der Waals surface area contributed by atoms with Gasteiger partial charge in [0.25, 0.3) is 0 Å². The molecule has 0 saturated heterocycles. The first-order valence-electron chi connectivity index (χ1n) is 4.35. The molecule has 0 aliphatic heterocycles. The van der Waals surface area contributed by atoms with E-state index in [0.29, 0.717) is 9.79 Å². The molecule has 0 radical (unpaired) electrons. The molecule has 2 unspecified atom stereocenters. The zero-order chi connectivity index (χ0) is 11.3. The topological polar surface area (TPSA) is 34.1 Å². The Morgan fingerprint density at radius 1 is 1.20 bits per heavy atom. The van der Waals surface area contributed by atoms with Crippen LogP contribution in [0.1, 0.15) is 6.92 Å². The number of allylic oxidation sites excluding steroid dienone is 1. The summed E-state index contributed by atoms with van der Waals surface area (Å²) in [6, 6.07) is 6.90. The molecule has 0 aliphatic carbocycles. The molecule has 1 aromatic rings. The van der Waals surface area contributed by atoms with Crippen LogP contribution in [-0.2, 0) is 21.6 Å². The Morgan fingerprint density at radius 2 is 1.80 bits per heavy atom. The molecule has 2 atom stereocenters. The molecule has 1 rings (SSSR count). The van der Waals surface area contributed by atoms with Crippen molar-refractivity contribution >= 4 is 21.6 Å². The second-order valence-corrected chi connectivity index (χ2v) is 5.44. The van der Waals surface area contributed by atoms with E-state index < -0.39 is 21.6 Å². The van der Waals surface area contributed by atoms with Gasteiger partial charge >= 0.3 is 0 Å². The molecule has 0 heterocycles. The molecule has 80 valence electrons. The molecule has 15 heavy (non-hydrogen) atoms. The third-order valence-electron chi connectivity index (χ3n) is 1.68. The van der Waals surface area contributed by atoms with Crippen LogP contribution in [0.15, 0.2) is 57.5 Å². The molecule has 0 aromatic heterocycles. The van der Waals surface area contributed by atoms with Crippen LogP contribution >= 0.6 is 0 Å². The van der Waals surface area contributed by atoms with E-state index in [1.54, 1.807) is 35.7 Å². The van der Waals surface area contributed by atoms with Gasteiger partial charge in [0.2, 0.25) is 0 Å². The van der Waals surface area contributed by atoms with Crippen molar-refractivity contribution in [3.05, 3.63) is 47.7 Å². The molecular weight excluding hydrogens is 228 g/mol. The average molecular weight is 240 g/mol. The second kappa shape index (κ2) is 5.78. The summed E-state index contributed by atoms with van der Waals surface area (Å²) in [5.74, 6) is 0. The summed E-state index contributed by atoms with van der Waals surface area (Å²) in [5.41, 5.74) is 0. The van der Waals surface area contributed by atoms with Crippen LogP contribution in [0.4, 0.5) is 0 Å². The molecule has 1 aromatic carbocycles. The van der Waals surface area contributed by atoms with Crippen molar-refractivity contribution in [1.29, 1.82) is 0 Å². The van der Waals surface area contributed by atoms with Crippen molar-refractivity contribution in [2.75, 3.05) is 0 Å². The summed E-state index contributed by atoms with van der Waals surface area (Å²) < 4.78 is 23.0. The summed E-state index contributed by atoms with van der Waals surface area (Å²) in [5, 5.41) is 2.95. The predicted octanol–water partition coefficient (Wildman–Crippen LogP) is 2.58. The van der Waals surface area contributed by atoms with Gasteiger partial charge in [-0.1, -0.05) is 18.7 Å². The second-order valence-electron chi connectivity index (χ2n) is 2.71.